The molecule has 1 rings (SSSR count). The number of hydrogen-bond acceptors (Lipinski definition) is 6. The van der Waals surface area contributed by atoms with Crippen molar-refractivity contribution in [3.8, 4) is 0 Å². The van der Waals surface area contributed by atoms with Gasteiger partial charge in [-0.2, -0.15) is 0 Å². The average Bonchev–Trinajstić information content (AvgIpc) is 2.54. The zero-order valence-electron chi connectivity index (χ0n) is 16.7. The fourth-order valence-corrected chi connectivity index (χ4v) is 3.04. The second-order valence-electron chi connectivity index (χ2n) is 7.46. The standard InChI is InChI=1S/C19H33NO6/c1-6-24-16(21)15(17(22)25-7-2)12-11-14-10-8-9-13-20(14)18(23)26-19(3,4)5/h14-15H,6-13H2,1-5H3/t14-/m0/s1. The lowest BCUT2D eigenvalue weighted by Crippen LogP contribution is -2.46. The smallest absolute Gasteiger partial charge is 0.410 e. The Hall–Kier alpha value is -1.79. The van der Waals surface area contributed by atoms with Crippen molar-refractivity contribution in [2.24, 2.45) is 5.92 Å². The molecule has 1 saturated heterocycles. The van der Waals surface area contributed by atoms with E-state index in [0.29, 0.717) is 19.4 Å². The Morgan fingerprint density at radius 1 is 1.04 bits per heavy atom. The Balaban J connectivity index is 2.75. The molecule has 0 aromatic carbocycles. The van der Waals surface area contributed by atoms with Crippen LogP contribution in [0.4, 0.5) is 4.79 Å². The molecule has 0 bridgehead atoms. The third-order valence-electron chi connectivity index (χ3n) is 4.19. The Morgan fingerprint density at radius 3 is 2.12 bits per heavy atom. The third-order valence-corrected chi connectivity index (χ3v) is 4.19. The number of rotatable bonds is 7. The van der Waals surface area contributed by atoms with Crippen molar-refractivity contribution >= 4 is 18.0 Å². The van der Waals surface area contributed by atoms with Crippen LogP contribution in [0.3, 0.4) is 0 Å². The van der Waals surface area contributed by atoms with Crippen molar-refractivity contribution in [2.75, 3.05) is 19.8 Å². The summed E-state index contributed by atoms with van der Waals surface area (Å²) in [6.07, 6.45) is 3.24. The van der Waals surface area contributed by atoms with Crippen LogP contribution >= 0.6 is 0 Å². The maximum absolute atomic E-state index is 12.5. The summed E-state index contributed by atoms with van der Waals surface area (Å²) in [6.45, 7) is 9.95. The highest BCUT2D eigenvalue weighted by molar-refractivity contribution is 5.94. The normalized spacial score (nSPS) is 17.8. The van der Waals surface area contributed by atoms with Crippen molar-refractivity contribution in [3.05, 3.63) is 0 Å². The molecule has 150 valence electrons. The van der Waals surface area contributed by atoms with Crippen molar-refractivity contribution in [3.63, 3.8) is 0 Å². The maximum Gasteiger partial charge on any atom is 0.410 e. The van der Waals surface area contributed by atoms with Gasteiger partial charge >= 0.3 is 18.0 Å². The molecular weight excluding hydrogens is 338 g/mol. The summed E-state index contributed by atoms with van der Waals surface area (Å²) >= 11 is 0. The molecule has 1 heterocycles. The van der Waals surface area contributed by atoms with E-state index in [1.54, 1.807) is 18.7 Å². The molecule has 1 fully saturated rings. The van der Waals surface area contributed by atoms with Gasteiger partial charge in [0.1, 0.15) is 5.60 Å². The highest BCUT2D eigenvalue weighted by Gasteiger charge is 2.34. The number of esters is 2. The molecule has 0 saturated carbocycles. The topological polar surface area (TPSA) is 82.1 Å². The highest BCUT2D eigenvalue weighted by atomic mass is 16.6. The number of carbonyl (C=O) groups excluding carboxylic acids is 3. The zero-order chi connectivity index (χ0) is 19.7. The number of carbonyl (C=O) groups is 3. The molecule has 1 aliphatic heterocycles. The van der Waals surface area contributed by atoms with E-state index in [1.165, 1.54) is 0 Å². The Labute approximate surface area is 156 Å². The van der Waals surface area contributed by atoms with E-state index in [1.807, 2.05) is 20.8 Å². The number of hydrogen-bond donors (Lipinski definition) is 0. The molecular formula is C19H33NO6. The van der Waals surface area contributed by atoms with Gasteiger partial charge in [0.2, 0.25) is 0 Å². The number of amides is 1. The van der Waals surface area contributed by atoms with Crippen LogP contribution in [0.2, 0.25) is 0 Å². The Bertz CT molecular complexity index is 467. The Morgan fingerprint density at radius 2 is 1.62 bits per heavy atom. The van der Waals surface area contributed by atoms with Crippen LogP contribution in [0.25, 0.3) is 0 Å². The first-order chi connectivity index (χ1) is 12.2. The molecule has 0 spiro atoms. The van der Waals surface area contributed by atoms with Gasteiger partial charge in [0.05, 0.1) is 13.2 Å². The third kappa shape index (κ3) is 7.22. The minimum Gasteiger partial charge on any atom is -0.465 e. The van der Waals surface area contributed by atoms with Gasteiger partial charge < -0.3 is 19.1 Å². The minimum absolute atomic E-state index is 0.0510. The molecule has 1 amide bonds. The molecule has 1 aliphatic rings. The lowest BCUT2D eigenvalue weighted by atomic mass is 9.93. The first-order valence-electron chi connectivity index (χ1n) is 9.52. The molecule has 7 nitrogen and oxygen atoms in total. The quantitative estimate of drug-likeness (QED) is 0.388. The van der Waals surface area contributed by atoms with Crippen molar-refractivity contribution in [1.82, 2.24) is 4.90 Å². The molecule has 0 aromatic heterocycles. The Kier molecular flexibility index (Phi) is 8.88. The summed E-state index contributed by atoms with van der Waals surface area (Å²) in [6, 6.07) is -0.0510. The molecule has 0 aromatic rings. The van der Waals surface area contributed by atoms with E-state index in [4.69, 9.17) is 14.2 Å². The van der Waals surface area contributed by atoms with Crippen LogP contribution in [0, 0.1) is 5.92 Å². The summed E-state index contributed by atoms with van der Waals surface area (Å²) in [4.78, 5) is 38.4. The van der Waals surface area contributed by atoms with Gasteiger partial charge in [-0.15, -0.1) is 0 Å². The molecule has 0 unspecified atom stereocenters. The van der Waals surface area contributed by atoms with Gasteiger partial charge in [0, 0.05) is 12.6 Å². The number of ether oxygens (including phenoxy) is 3. The van der Waals surface area contributed by atoms with E-state index >= 15 is 0 Å². The van der Waals surface area contributed by atoms with Gasteiger partial charge in [-0.25, -0.2) is 4.79 Å². The van der Waals surface area contributed by atoms with Crippen LogP contribution in [0.1, 0.15) is 66.7 Å². The van der Waals surface area contributed by atoms with E-state index < -0.39 is 23.5 Å². The largest absolute Gasteiger partial charge is 0.465 e. The highest BCUT2D eigenvalue weighted by Crippen LogP contribution is 2.25. The van der Waals surface area contributed by atoms with Gasteiger partial charge in [-0.3, -0.25) is 9.59 Å². The van der Waals surface area contributed by atoms with Gasteiger partial charge in [0.25, 0.3) is 0 Å². The molecule has 0 radical (unpaired) electrons. The van der Waals surface area contributed by atoms with Crippen molar-refractivity contribution < 1.29 is 28.6 Å². The molecule has 0 N–H and O–H groups in total. The van der Waals surface area contributed by atoms with E-state index in [0.717, 1.165) is 19.3 Å². The van der Waals surface area contributed by atoms with Crippen molar-refractivity contribution in [1.29, 1.82) is 0 Å². The number of piperidine rings is 1. The summed E-state index contributed by atoms with van der Waals surface area (Å²) in [5, 5.41) is 0. The summed E-state index contributed by atoms with van der Waals surface area (Å²) in [7, 11) is 0. The summed E-state index contributed by atoms with van der Waals surface area (Å²) in [5.41, 5.74) is -0.558. The van der Waals surface area contributed by atoms with E-state index in [2.05, 4.69) is 0 Å². The fourth-order valence-electron chi connectivity index (χ4n) is 3.04. The molecule has 7 heteroatoms. The van der Waals surface area contributed by atoms with Gasteiger partial charge in [0.15, 0.2) is 5.92 Å². The SMILES string of the molecule is CCOC(=O)C(CC[C@@H]1CCCCN1C(=O)OC(C)(C)C)C(=O)OCC. The number of nitrogens with zero attached hydrogens (tertiary/aromatic N) is 1. The molecule has 0 aliphatic carbocycles. The zero-order valence-corrected chi connectivity index (χ0v) is 16.7. The fraction of sp³-hybridized carbons (Fsp3) is 0.842. The first kappa shape index (κ1) is 22.3. The monoisotopic (exact) mass is 371 g/mol. The number of likely N-dealkylation sites (tertiary alicyclic amines) is 1. The van der Waals surface area contributed by atoms with E-state index in [-0.39, 0.29) is 25.3 Å². The summed E-state index contributed by atoms with van der Waals surface area (Å²) < 4.78 is 15.5. The molecule has 1 atom stereocenters. The van der Waals surface area contributed by atoms with Crippen LogP contribution in [0.5, 0.6) is 0 Å². The van der Waals surface area contributed by atoms with Gasteiger partial charge in [-0.1, -0.05) is 0 Å². The first-order valence-corrected chi connectivity index (χ1v) is 9.52. The maximum atomic E-state index is 12.5. The average molecular weight is 371 g/mol. The summed E-state index contributed by atoms with van der Waals surface area (Å²) in [5.74, 6) is -2.08. The predicted octanol–water partition coefficient (Wildman–Crippen LogP) is 3.30. The van der Waals surface area contributed by atoms with Gasteiger partial charge in [-0.05, 0) is 66.7 Å². The molecule has 26 heavy (non-hydrogen) atoms. The second kappa shape index (κ2) is 10.4. The van der Waals surface area contributed by atoms with E-state index in [9.17, 15) is 14.4 Å². The van der Waals surface area contributed by atoms with Crippen LogP contribution < -0.4 is 0 Å². The second-order valence-corrected chi connectivity index (χ2v) is 7.46. The lowest BCUT2D eigenvalue weighted by Gasteiger charge is -2.37. The predicted molar refractivity (Wildman–Crippen MR) is 96.6 cm³/mol. The van der Waals surface area contributed by atoms with Crippen LogP contribution in [-0.2, 0) is 23.8 Å². The van der Waals surface area contributed by atoms with Crippen LogP contribution in [0.15, 0.2) is 0 Å². The lowest BCUT2D eigenvalue weighted by molar-refractivity contribution is -0.162. The van der Waals surface area contributed by atoms with Crippen LogP contribution in [-0.4, -0.2) is 54.3 Å². The minimum atomic E-state index is -0.947. The van der Waals surface area contributed by atoms with Crippen molar-refractivity contribution in [2.45, 2.75) is 78.4 Å².